The van der Waals surface area contributed by atoms with Crippen LogP contribution in [0.15, 0.2) is 65.0 Å². The van der Waals surface area contributed by atoms with E-state index < -0.39 is 11.9 Å². The molecule has 0 unspecified atom stereocenters. The SMILES string of the molecule is CCCOC(=O)C1=C(C)NC2=C(C(=O)C[C@@H](c3ccc(Cl)cc3)C2)[C@H]1c1cc(OC)ccc1OC. The predicted molar refractivity (Wildman–Crippen MR) is 135 cm³/mol. The van der Waals surface area contributed by atoms with E-state index >= 15 is 0 Å². The number of benzene rings is 2. The van der Waals surface area contributed by atoms with Crippen LogP contribution >= 0.6 is 11.6 Å². The number of nitrogens with one attached hydrogen (secondary N) is 1. The summed E-state index contributed by atoms with van der Waals surface area (Å²) in [5, 5.41) is 4.03. The number of allylic oxidation sites excluding steroid dienone is 3. The minimum Gasteiger partial charge on any atom is -0.497 e. The zero-order valence-electron chi connectivity index (χ0n) is 20.4. The number of Topliss-reactive ketones (excluding diaryl/α,β-unsaturated/α-hetero) is 1. The van der Waals surface area contributed by atoms with Gasteiger partial charge in [-0.25, -0.2) is 4.79 Å². The van der Waals surface area contributed by atoms with Gasteiger partial charge in [0.05, 0.1) is 32.3 Å². The number of hydrogen-bond acceptors (Lipinski definition) is 6. The molecule has 1 N–H and O–H groups in total. The zero-order valence-corrected chi connectivity index (χ0v) is 21.2. The van der Waals surface area contributed by atoms with Gasteiger partial charge >= 0.3 is 5.97 Å². The van der Waals surface area contributed by atoms with Crippen LogP contribution < -0.4 is 14.8 Å². The zero-order chi connectivity index (χ0) is 25.1. The highest BCUT2D eigenvalue weighted by Crippen LogP contribution is 2.48. The lowest BCUT2D eigenvalue weighted by molar-refractivity contribution is -0.139. The van der Waals surface area contributed by atoms with E-state index in [9.17, 15) is 9.59 Å². The molecule has 4 rings (SSSR count). The third-order valence-electron chi connectivity index (χ3n) is 6.57. The summed E-state index contributed by atoms with van der Waals surface area (Å²) in [5.74, 6) is 0.126. The Kier molecular flexibility index (Phi) is 7.51. The van der Waals surface area contributed by atoms with E-state index in [4.69, 9.17) is 25.8 Å². The smallest absolute Gasteiger partial charge is 0.336 e. The quantitative estimate of drug-likeness (QED) is 0.499. The van der Waals surface area contributed by atoms with Crippen LogP contribution in [-0.4, -0.2) is 32.6 Å². The van der Waals surface area contributed by atoms with Crippen LogP contribution in [0, 0.1) is 0 Å². The lowest BCUT2D eigenvalue weighted by Gasteiger charge is -2.37. The van der Waals surface area contributed by atoms with Gasteiger partial charge in [0.25, 0.3) is 0 Å². The van der Waals surface area contributed by atoms with Crippen molar-refractivity contribution in [2.75, 3.05) is 20.8 Å². The van der Waals surface area contributed by atoms with E-state index in [1.54, 1.807) is 26.4 Å². The fourth-order valence-corrected chi connectivity index (χ4v) is 5.05. The first-order valence-electron chi connectivity index (χ1n) is 11.8. The summed E-state index contributed by atoms with van der Waals surface area (Å²) in [6.07, 6.45) is 1.68. The standard InChI is InChI=1S/C28H30ClNO5/c1-5-12-35-28(32)25-16(2)30-22-13-18(17-6-8-19(29)9-7-17)14-23(31)27(22)26(25)21-15-20(33-3)10-11-24(21)34-4/h6-11,15,18,26,30H,5,12-14H2,1-4H3/t18-,26-/m0/s1. The molecule has 184 valence electrons. The highest BCUT2D eigenvalue weighted by molar-refractivity contribution is 6.30. The number of carbonyl (C=O) groups is 2. The van der Waals surface area contributed by atoms with Gasteiger partial charge in [-0.05, 0) is 61.6 Å². The molecule has 0 spiro atoms. The van der Waals surface area contributed by atoms with Crippen molar-refractivity contribution < 1.29 is 23.8 Å². The maximum absolute atomic E-state index is 13.7. The average molecular weight is 496 g/mol. The number of ketones is 1. The van der Waals surface area contributed by atoms with Crippen LogP contribution in [0.4, 0.5) is 0 Å². The fourth-order valence-electron chi connectivity index (χ4n) is 4.93. The molecule has 0 bridgehead atoms. The fraction of sp³-hybridized carbons (Fsp3) is 0.357. The Hall–Kier alpha value is -3.25. The molecule has 1 heterocycles. The molecule has 0 aromatic heterocycles. The number of halogens is 1. The summed E-state index contributed by atoms with van der Waals surface area (Å²) in [7, 11) is 3.16. The van der Waals surface area contributed by atoms with Gasteiger partial charge in [-0.2, -0.15) is 0 Å². The van der Waals surface area contributed by atoms with Crippen LogP contribution in [0.25, 0.3) is 0 Å². The maximum atomic E-state index is 13.7. The number of ether oxygens (including phenoxy) is 3. The van der Waals surface area contributed by atoms with Crippen molar-refractivity contribution in [2.45, 2.75) is 44.9 Å². The number of esters is 1. The van der Waals surface area contributed by atoms with E-state index in [1.807, 2.05) is 44.2 Å². The molecule has 7 heteroatoms. The lowest BCUT2D eigenvalue weighted by Crippen LogP contribution is -2.36. The first-order chi connectivity index (χ1) is 16.9. The Labute approximate surface area is 210 Å². The van der Waals surface area contributed by atoms with Crippen LogP contribution in [0.1, 0.15) is 56.1 Å². The molecule has 6 nitrogen and oxygen atoms in total. The maximum Gasteiger partial charge on any atom is 0.336 e. The second-order valence-electron chi connectivity index (χ2n) is 8.81. The summed E-state index contributed by atoms with van der Waals surface area (Å²) < 4.78 is 16.7. The van der Waals surface area contributed by atoms with Crippen molar-refractivity contribution >= 4 is 23.4 Å². The molecule has 0 amide bonds. The van der Waals surface area contributed by atoms with E-state index in [-0.39, 0.29) is 11.7 Å². The Morgan fingerprint density at radius 1 is 1.09 bits per heavy atom. The molecule has 1 aliphatic heterocycles. The molecule has 0 fully saturated rings. The largest absolute Gasteiger partial charge is 0.497 e. The molecule has 0 radical (unpaired) electrons. The number of methoxy groups -OCH3 is 2. The molecule has 1 aliphatic carbocycles. The third-order valence-corrected chi connectivity index (χ3v) is 6.83. The van der Waals surface area contributed by atoms with E-state index in [1.165, 1.54) is 0 Å². The number of rotatable bonds is 7. The Morgan fingerprint density at radius 3 is 2.49 bits per heavy atom. The molecule has 35 heavy (non-hydrogen) atoms. The van der Waals surface area contributed by atoms with Crippen molar-refractivity contribution in [3.63, 3.8) is 0 Å². The summed E-state index contributed by atoms with van der Waals surface area (Å²) in [4.78, 5) is 27.0. The normalized spacial score (nSPS) is 19.7. The number of hydrogen-bond donors (Lipinski definition) is 1. The average Bonchev–Trinajstić information content (AvgIpc) is 2.86. The first-order valence-corrected chi connectivity index (χ1v) is 12.1. The molecule has 2 aromatic carbocycles. The van der Waals surface area contributed by atoms with Crippen LogP contribution in [0.5, 0.6) is 11.5 Å². The van der Waals surface area contributed by atoms with Gasteiger partial charge in [-0.3, -0.25) is 4.79 Å². The second-order valence-corrected chi connectivity index (χ2v) is 9.25. The summed E-state index contributed by atoms with van der Waals surface area (Å²) in [6.45, 7) is 4.09. The molecule has 2 aromatic rings. The monoisotopic (exact) mass is 495 g/mol. The molecular formula is C28H30ClNO5. The van der Waals surface area contributed by atoms with E-state index in [0.717, 1.165) is 11.3 Å². The molecule has 2 aliphatic rings. The van der Waals surface area contributed by atoms with Crippen molar-refractivity contribution in [3.05, 3.63) is 81.2 Å². The van der Waals surface area contributed by atoms with Gasteiger partial charge in [0, 0.05) is 34.0 Å². The molecule has 0 saturated heterocycles. The summed E-state index contributed by atoms with van der Waals surface area (Å²) in [6, 6.07) is 13.0. The number of carbonyl (C=O) groups excluding carboxylic acids is 2. The Morgan fingerprint density at radius 2 is 1.83 bits per heavy atom. The van der Waals surface area contributed by atoms with Gasteiger partial charge in [-0.1, -0.05) is 30.7 Å². The lowest BCUT2D eigenvalue weighted by atomic mass is 9.71. The minimum atomic E-state index is -0.626. The third kappa shape index (κ3) is 4.94. The van der Waals surface area contributed by atoms with E-state index in [2.05, 4.69) is 5.32 Å². The highest BCUT2D eigenvalue weighted by atomic mass is 35.5. The van der Waals surface area contributed by atoms with Crippen molar-refractivity contribution in [3.8, 4) is 11.5 Å². The van der Waals surface area contributed by atoms with Crippen molar-refractivity contribution in [2.24, 2.45) is 0 Å². The van der Waals surface area contributed by atoms with Gasteiger partial charge in [0.15, 0.2) is 5.78 Å². The number of dihydropyridines is 1. The summed E-state index contributed by atoms with van der Waals surface area (Å²) in [5.41, 5.74) is 4.24. The van der Waals surface area contributed by atoms with Crippen molar-refractivity contribution in [1.82, 2.24) is 5.32 Å². The van der Waals surface area contributed by atoms with Crippen LogP contribution in [0.2, 0.25) is 5.02 Å². The minimum absolute atomic E-state index is 0.0122. The second kappa shape index (κ2) is 10.6. The van der Waals surface area contributed by atoms with E-state index in [0.29, 0.717) is 64.8 Å². The molecular weight excluding hydrogens is 466 g/mol. The Bertz CT molecular complexity index is 1200. The van der Waals surface area contributed by atoms with Gasteiger partial charge in [0.1, 0.15) is 11.5 Å². The van der Waals surface area contributed by atoms with Crippen LogP contribution in [-0.2, 0) is 14.3 Å². The van der Waals surface area contributed by atoms with Gasteiger partial charge in [0.2, 0.25) is 0 Å². The predicted octanol–water partition coefficient (Wildman–Crippen LogP) is 5.67. The van der Waals surface area contributed by atoms with Gasteiger partial charge < -0.3 is 19.5 Å². The Balaban J connectivity index is 1.84. The molecule has 2 atom stereocenters. The van der Waals surface area contributed by atoms with Crippen LogP contribution in [0.3, 0.4) is 0 Å². The summed E-state index contributed by atoms with van der Waals surface area (Å²) >= 11 is 6.07. The van der Waals surface area contributed by atoms with Gasteiger partial charge in [-0.15, -0.1) is 0 Å². The topological polar surface area (TPSA) is 73.9 Å². The first kappa shape index (κ1) is 24.9. The molecule has 0 saturated carbocycles. The highest BCUT2D eigenvalue weighted by Gasteiger charge is 2.42. The van der Waals surface area contributed by atoms with Crippen molar-refractivity contribution in [1.29, 1.82) is 0 Å².